The number of aryl methyl sites for hydroxylation is 2. The highest BCUT2D eigenvalue weighted by Crippen LogP contribution is 2.24. The summed E-state index contributed by atoms with van der Waals surface area (Å²) < 4.78 is 1.28. The van der Waals surface area contributed by atoms with E-state index in [2.05, 4.69) is 0 Å². The van der Waals surface area contributed by atoms with Gasteiger partial charge >= 0.3 is 0 Å². The van der Waals surface area contributed by atoms with Crippen molar-refractivity contribution in [2.75, 3.05) is 0 Å². The first-order valence-electron chi connectivity index (χ1n) is 5.58. The lowest BCUT2D eigenvalue weighted by Crippen LogP contribution is -2.18. The number of aromatic nitrogens is 1. The van der Waals surface area contributed by atoms with Crippen LogP contribution in [0.1, 0.15) is 11.1 Å². The molecule has 0 bridgehead atoms. The standard InChI is InChI=1S/C13H12N2O4/c1-8-6-10(15(18)19)7-9(2)12(8)14-5-3-4-11(16)13(14)17/h3-7,16H,1-2H3. The van der Waals surface area contributed by atoms with Crippen molar-refractivity contribution in [2.24, 2.45) is 0 Å². The van der Waals surface area contributed by atoms with E-state index in [4.69, 9.17) is 0 Å². The fraction of sp³-hybridized carbons (Fsp3) is 0.154. The Morgan fingerprint density at radius 2 is 1.84 bits per heavy atom. The van der Waals surface area contributed by atoms with Gasteiger partial charge in [0.25, 0.3) is 11.2 Å². The van der Waals surface area contributed by atoms with E-state index in [0.29, 0.717) is 16.8 Å². The average Bonchev–Trinajstić information content (AvgIpc) is 2.33. The summed E-state index contributed by atoms with van der Waals surface area (Å²) in [7, 11) is 0. The van der Waals surface area contributed by atoms with Crippen molar-refractivity contribution in [3.05, 3.63) is 62.1 Å². The number of hydrogen-bond acceptors (Lipinski definition) is 4. The molecule has 1 aromatic heterocycles. The molecule has 6 nitrogen and oxygen atoms in total. The number of pyridine rings is 1. The second-order valence-electron chi connectivity index (χ2n) is 4.25. The monoisotopic (exact) mass is 260 g/mol. The number of benzene rings is 1. The molecule has 0 amide bonds. The predicted molar refractivity (Wildman–Crippen MR) is 69.8 cm³/mol. The summed E-state index contributed by atoms with van der Waals surface area (Å²) in [5.74, 6) is -0.361. The molecule has 2 rings (SSSR count). The smallest absolute Gasteiger partial charge is 0.297 e. The van der Waals surface area contributed by atoms with Crippen molar-refractivity contribution in [3.63, 3.8) is 0 Å². The van der Waals surface area contributed by atoms with Gasteiger partial charge in [-0.1, -0.05) is 0 Å². The van der Waals surface area contributed by atoms with Gasteiger partial charge in [0.15, 0.2) is 5.75 Å². The molecule has 1 heterocycles. The fourth-order valence-electron chi connectivity index (χ4n) is 2.08. The average molecular weight is 260 g/mol. The highest BCUT2D eigenvalue weighted by Gasteiger charge is 2.14. The van der Waals surface area contributed by atoms with Crippen LogP contribution in [0.25, 0.3) is 5.69 Å². The van der Waals surface area contributed by atoms with E-state index in [9.17, 15) is 20.0 Å². The molecule has 0 fully saturated rings. The van der Waals surface area contributed by atoms with Crippen molar-refractivity contribution < 1.29 is 10.0 Å². The summed E-state index contributed by atoms with van der Waals surface area (Å²) in [5.41, 5.74) is 1.17. The van der Waals surface area contributed by atoms with Crippen LogP contribution in [0.2, 0.25) is 0 Å². The van der Waals surface area contributed by atoms with Gasteiger partial charge in [0, 0.05) is 18.3 Å². The van der Waals surface area contributed by atoms with Gasteiger partial charge in [0.2, 0.25) is 0 Å². The largest absolute Gasteiger partial charge is 0.503 e. The molecule has 19 heavy (non-hydrogen) atoms. The summed E-state index contributed by atoms with van der Waals surface area (Å²) in [6.45, 7) is 3.37. The van der Waals surface area contributed by atoms with Crippen molar-refractivity contribution in [2.45, 2.75) is 13.8 Å². The third-order valence-electron chi connectivity index (χ3n) is 2.85. The number of non-ortho nitro benzene ring substituents is 1. The number of rotatable bonds is 2. The highest BCUT2D eigenvalue weighted by atomic mass is 16.6. The molecule has 0 unspecified atom stereocenters. The minimum absolute atomic E-state index is 0.0213. The van der Waals surface area contributed by atoms with Gasteiger partial charge in [-0.3, -0.25) is 19.5 Å². The third-order valence-corrected chi connectivity index (χ3v) is 2.85. The highest BCUT2D eigenvalue weighted by molar-refractivity contribution is 5.54. The molecule has 0 aliphatic heterocycles. The van der Waals surface area contributed by atoms with Crippen LogP contribution in [0.4, 0.5) is 5.69 Å². The molecule has 0 aliphatic rings. The van der Waals surface area contributed by atoms with Gasteiger partial charge in [-0.25, -0.2) is 0 Å². The van der Waals surface area contributed by atoms with E-state index in [-0.39, 0.29) is 11.4 Å². The zero-order valence-corrected chi connectivity index (χ0v) is 10.5. The van der Waals surface area contributed by atoms with E-state index >= 15 is 0 Å². The summed E-state index contributed by atoms with van der Waals surface area (Å²) in [6.07, 6.45) is 1.52. The van der Waals surface area contributed by atoms with E-state index in [1.165, 1.54) is 35.0 Å². The van der Waals surface area contributed by atoms with Crippen LogP contribution in [0, 0.1) is 24.0 Å². The van der Waals surface area contributed by atoms with Crippen molar-refractivity contribution in [3.8, 4) is 11.4 Å². The topological polar surface area (TPSA) is 85.4 Å². The van der Waals surface area contributed by atoms with Gasteiger partial charge < -0.3 is 5.11 Å². The first-order chi connectivity index (χ1) is 8.91. The summed E-state index contributed by atoms with van der Waals surface area (Å²) in [5, 5.41) is 20.2. The SMILES string of the molecule is Cc1cc([N+](=O)[O-])cc(C)c1-n1cccc(O)c1=O. The maximum Gasteiger partial charge on any atom is 0.297 e. The van der Waals surface area contributed by atoms with Gasteiger partial charge in [-0.15, -0.1) is 0 Å². The second kappa shape index (κ2) is 4.56. The molecular formula is C13H12N2O4. The van der Waals surface area contributed by atoms with Gasteiger partial charge in [-0.2, -0.15) is 0 Å². The maximum atomic E-state index is 11.9. The molecule has 0 radical (unpaired) electrons. The molecule has 0 spiro atoms. The van der Waals surface area contributed by atoms with Crippen molar-refractivity contribution in [1.82, 2.24) is 4.57 Å². The van der Waals surface area contributed by atoms with Crippen LogP contribution < -0.4 is 5.56 Å². The first kappa shape index (κ1) is 12.8. The Morgan fingerprint density at radius 1 is 1.26 bits per heavy atom. The van der Waals surface area contributed by atoms with Gasteiger partial charge in [-0.05, 0) is 37.1 Å². The van der Waals surface area contributed by atoms with Crippen LogP contribution in [0.5, 0.6) is 5.75 Å². The van der Waals surface area contributed by atoms with E-state index in [0.717, 1.165) is 0 Å². The first-order valence-corrected chi connectivity index (χ1v) is 5.58. The van der Waals surface area contributed by atoms with Crippen LogP contribution in [-0.2, 0) is 0 Å². The lowest BCUT2D eigenvalue weighted by Gasteiger charge is -2.12. The number of nitro benzene ring substituents is 1. The summed E-state index contributed by atoms with van der Waals surface area (Å²) in [4.78, 5) is 22.2. The molecular weight excluding hydrogens is 248 g/mol. The molecule has 1 aromatic carbocycles. The number of nitrogens with zero attached hydrogens (tertiary/aromatic N) is 2. The normalized spacial score (nSPS) is 10.4. The lowest BCUT2D eigenvalue weighted by molar-refractivity contribution is -0.384. The Labute approximate surface area is 108 Å². The van der Waals surface area contributed by atoms with E-state index < -0.39 is 10.5 Å². The van der Waals surface area contributed by atoms with Crippen LogP contribution in [0.3, 0.4) is 0 Å². The van der Waals surface area contributed by atoms with Crippen molar-refractivity contribution in [1.29, 1.82) is 0 Å². The summed E-state index contributed by atoms with van der Waals surface area (Å²) >= 11 is 0. The Morgan fingerprint density at radius 3 is 2.37 bits per heavy atom. The minimum atomic E-state index is -0.553. The predicted octanol–water partition coefficient (Wildman–Crippen LogP) is 2.07. The molecule has 0 saturated carbocycles. The number of hydrogen-bond donors (Lipinski definition) is 1. The Bertz CT molecular complexity index is 696. The van der Waals surface area contributed by atoms with Gasteiger partial charge in [0.1, 0.15) is 0 Å². The zero-order valence-electron chi connectivity index (χ0n) is 10.5. The molecule has 0 aliphatic carbocycles. The van der Waals surface area contributed by atoms with Gasteiger partial charge in [0.05, 0.1) is 10.6 Å². The quantitative estimate of drug-likeness (QED) is 0.661. The molecule has 0 atom stereocenters. The number of nitro groups is 1. The van der Waals surface area contributed by atoms with Crippen LogP contribution in [0.15, 0.2) is 35.3 Å². The Kier molecular flexibility index (Phi) is 3.08. The lowest BCUT2D eigenvalue weighted by atomic mass is 10.1. The maximum absolute atomic E-state index is 11.9. The zero-order chi connectivity index (χ0) is 14.2. The van der Waals surface area contributed by atoms with Crippen LogP contribution >= 0.6 is 0 Å². The Hall–Kier alpha value is -2.63. The van der Waals surface area contributed by atoms with E-state index in [1.807, 2.05) is 0 Å². The third kappa shape index (κ3) is 2.20. The minimum Gasteiger partial charge on any atom is -0.503 e. The second-order valence-corrected chi connectivity index (χ2v) is 4.25. The molecule has 2 aromatic rings. The molecule has 6 heteroatoms. The molecule has 98 valence electrons. The van der Waals surface area contributed by atoms with Crippen LogP contribution in [-0.4, -0.2) is 14.6 Å². The van der Waals surface area contributed by atoms with Crippen molar-refractivity contribution >= 4 is 5.69 Å². The van der Waals surface area contributed by atoms with E-state index in [1.54, 1.807) is 13.8 Å². The summed E-state index contributed by atoms with van der Waals surface area (Å²) in [6, 6.07) is 5.64. The number of aromatic hydroxyl groups is 1. The molecule has 0 saturated heterocycles. The molecule has 1 N–H and O–H groups in total. The fourth-order valence-corrected chi connectivity index (χ4v) is 2.08. The Balaban J connectivity index is 2.74.